The van der Waals surface area contributed by atoms with Gasteiger partial charge in [-0.1, -0.05) is 35.3 Å². The Morgan fingerprint density at radius 2 is 1.84 bits per heavy atom. The lowest BCUT2D eigenvalue weighted by molar-refractivity contribution is -0.154. The van der Waals surface area contributed by atoms with Crippen LogP contribution in [0.5, 0.6) is 23.0 Å². The Kier molecular flexibility index (Phi) is 7.17. The molecule has 0 bridgehead atoms. The van der Waals surface area contributed by atoms with E-state index in [0.717, 1.165) is 5.56 Å². The second-order valence-corrected chi connectivity index (χ2v) is 9.44. The highest BCUT2D eigenvalue weighted by molar-refractivity contribution is 6.35. The van der Waals surface area contributed by atoms with Crippen molar-refractivity contribution in [2.45, 2.75) is 19.1 Å². The van der Waals surface area contributed by atoms with E-state index in [1.807, 2.05) is 11.0 Å². The number of halogens is 5. The Balaban J connectivity index is 1.51. The van der Waals surface area contributed by atoms with Crippen LogP contribution in [0.3, 0.4) is 0 Å². The number of benzene rings is 3. The van der Waals surface area contributed by atoms with Gasteiger partial charge in [0.15, 0.2) is 0 Å². The van der Waals surface area contributed by atoms with Crippen LogP contribution >= 0.6 is 23.2 Å². The van der Waals surface area contributed by atoms with Gasteiger partial charge in [-0.3, -0.25) is 9.69 Å². The van der Waals surface area contributed by atoms with Crippen molar-refractivity contribution in [3.05, 3.63) is 91.8 Å². The zero-order valence-electron chi connectivity index (χ0n) is 19.9. The van der Waals surface area contributed by atoms with Gasteiger partial charge in [0.1, 0.15) is 29.6 Å². The summed E-state index contributed by atoms with van der Waals surface area (Å²) < 4.78 is 63.9. The monoisotopic (exact) mass is 565 g/mol. The van der Waals surface area contributed by atoms with Gasteiger partial charge in [0.25, 0.3) is 5.76 Å². The molecule has 5 rings (SSSR count). The average molecular weight is 566 g/mol. The van der Waals surface area contributed by atoms with Crippen molar-refractivity contribution in [3.8, 4) is 23.0 Å². The molecule has 1 aliphatic rings. The molecule has 11 heteroatoms. The minimum absolute atomic E-state index is 0.00479. The number of hydrogen-bond donors (Lipinski definition) is 0. The average Bonchev–Trinajstić information content (AvgIpc) is 2.89. The van der Waals surface area contributed by atoms with Crippen molar-refractivity contribution < 1.29 is 31.8 Å². The van der Waals surface area contributed by atoms with Gasteiger partial charge in [0.2, 0.25) is 11.2 Å². The van der Waals surface area contributed by atoms with Gasteiger partial charge in [-0.05, 0) is 48.4 Å². The Hall–Kier alpha value is -3.40. The summed E-state index contributed by atoms with van der Waals surface area (Å²) in [5.74, 6) is -1.79. The van der Waals surface area contributed by atoms with Crippen LogP contribution < -0.4 is 19.6 Å². The molecule has 2 heterocycles. The summed E-state index contributed by atoms with van der Waals surface area (Å²) in [5.41, 5.74) is 0.0535. The first-order chi connectivity index (χ1) is 18.1. The molecule has 0 saturated carbocycles. The number of nitrogens with zero attached hydrogens (tertiary/aromatic N) is 1. The highest BCUT2D eigenvalue weighted by Crippen LogP contribution is 2.41. The maximum absolute atomic E-state index is 14.1. The van der Waals surface area contributed by atoms with Crippen molar-refractivity contribution >= 4 is 34.2 Å². The van der Waals surface area contributed by atoms with Crippen molar-refractivity contribution in [2.24, 2.45) is 0 Å². The number of methoxy groups -OCH3 is 1. The number of alkyl halides is 3. The smallest absolute Gasteiger partial charge is 0.453 e. The summed E-state index contributed by atoms with van der Waals surface area (Å²) >= 11 is 12.2. The largest absolute Gasteiger partial charge is 0.497 e. The van der Waals surface area contributed by atoms with E-state index >= 15 is 0 Å². The lowest BCUT2D eigenvalue weighted by Crippen LogP contribution is -2.34. The molecule has 0 spiro atoms. The van der Waals surface area contributed by atoms with Gasteiger partial charge >= 0.3 is 6.18 Å². The first-order valence-electron chi connectivity index (χ1n) is 11.4. The van der Waals surface area contributed by atoms with E-state index in [1.54, 1.807) is 24.3 Å². The third-order valence-electron chi connectivity index (χ3n) is 6.09. The lowest BCUT2D eigenvalue weighted by Gasteiger charge is -2.29. The maximum atomic E-state index is 14.1. The van der Waals surface area contributed by atoms with Gasteiger partial charge in [-0.15, -0.1) is 0 Å². The van der Waals surface area contributed by atoms with Crippen molar-refractivity contribution in [1.29, 1.82) is 0 Å². The first-order valence-corrected chi connectivity index (χ1v) is 12.2. The van der Waals surface area contributed by atoms with Gasteiger partial charge < -0.3 is 18.6 Å². The molecule has 0 N–H and O–H groups in total. The minimum atomic E-state index is -5.00. The second kappa shape index (κ2) is 10.4. The van der Waals surface area contributed by atoms with Crippen LogP contribution in [0.15, 0.2) is 63.8 Å². The molecule has 6 nitrogen and oxygen atoms in total. The zero-order chi connectivity index (χ0) is 27.0. The quantitative estimate of drug-likeness (QED) is 0.244. The highest BCUT2D eigenvalue weighted by atomic mass is 35.5. The second-order valence-electron chi connectivity index (χ2n) is 8.60. The van der Waals surface area contributed by atoms with E-state index in [-0.39, 0.29) is 30.0 Å². The summed E-state index contributed by atoms with van der Waals surface area (Å²) in [7, 11) is 1.41. The van der Waals surface area contributed by atoms with E-state index in [9.17, 15) is 18.0 Å². The topological polar surface area (TPSA) is 61.1 Å². The van der Waals surface area contributed by atoms with Gasteiger partial charge in [0.05, 0.1) is 18.1 Å². The molecule has 0 radical (unpaired) electrons. The molecule has 0 unspecified atom stereocenters. The summed E-state index contributed by atoms with van der Waals surface area (Å²) in [4.78, 5) is 15.2. The number of fused-ring (bicyclic) bond motifs is 3. The van der Waals surface area contributed by atoms with Gasteiger partial charge in [0, 0.05) is 29.2 Å². The SMILES string of the molecule is COc1cccc(Oc2c(C(F)(F)F)oc3c4c(ccc3c2=O)OCN(CCc2ccc(Cl)cc2Cl)C4)c1. The van der Waals surface area contributed by atoms with Gasteiger partial charge in [-0.2, -0.15) is 13.2 Å². The first kappa shape index (κ1) is 26.2. The summed E-state index contributed by atoms with van der Waals surface area (Å²) in [6, 6.07) is 14.0. The predicted octanol–water partition coefficient (Wildman–Crippen LogP) is 7.31. The van der Waals surface area contributed by atoms with Crippen molar-refractivity contribution in [1.82, 2.24) is 4.90 Å². The fraction of sp³-hybridized carbons (Fsp3) is 0.222. The van der Waals surface area contributed by atoms with Crippen LogP contribution in [-0.4, -0.2) is 25.3 Å². The van der Waals surface area contributed by atoms with E-state index in [4.69, 9.17) is 41.8 Å². The molecular weight excluding hydrogens is 546 g/mol. The van der Waals surface area contributed by atoms with Crippen LogP contribution in [-0.2, 0) is 19.1 Å². The number of rotatable bonds is 6. The van der Waals surface area contributed by atoms with Crippen LogP contribution in [0.4, 0.5) is 13.2 Å². The molecule has 0 aliphatic carbocycles. The van der Waals surface area contributed by atoms with Crippen LogP contribution in [0.25, 0.3) is 11.0 Å². The van der Waals surface area contributed by atoms with Crippen molar-refractivity contribution in [3.63, 3.8) is 0 Å². The fourth-order valence-corrected chi connectivity index (χ4v) is 4.71. The third-order valence-corrected chi connectivity index (χ3v) is 6.68. The predicted molar refractivity (Wildman–Crippen MR) is 137 cm³/mol. The maximum Gasteiger partial charge on any atom is 0.453 e. The molecule has 198 valence electrons. The molecule has 3 aromatic carbocycles. The van der Waals surface area contributed by atoms with Crippen LogP contribution in [0, 0.1) is 0 Å². The summed E-state index contributed by atoms with van der Waals surface area (Å²) in [6.45, 7) is 0.899. The van der Waals surface area contributed by atoms with E-state index < -0.39 is 23.1 Å². The summed E-state index contributed by atoms with van der Waals surface area (Å²) in [6.07, 6.45) is -4.44. The van der Waals surface area contributed by atoms with E-state index in [1.165, 1.54) is 31.4 Å². The Morgan fingerprint density at radius 3 is 2.58 bits per heavy atom. The molecule has 0 saturated heterocycles. The Bertz CT molecular complexity index is 1570. The molecule has 1 aromatic heterocycles. The molecule has 0 atom stereocenters. The third kappa shape index (κ3) is 5.27. The molecular formula is C27H20Cl2F3NO5. The molecule has 0 fully saturated rings. The Labute approximate surface area is 225 Å². The van der Waals surface area contributed by atoms with E-state index in [0.29, 0.717) is 40.1 Å². The van der Waals surface area contributed by atoms with Crippen molar-refractivity contribution in [2.75, 3.05) is 20.4 Å². The molecule has 4 aromatic rings. The number of ether oxygens (including phenoxy) is 3. The molecule has 0 amide bonds. The van der Waals surface area contributed by atoms with Gasteiger partial charge in [-0.25, -0.2) is 0 Å². The molecule has 1 aliphatic heterocycles. The van der Waals surface area contributed by atoms with E-state index in [2.05, 4.69) is 0 Å². The van der Waals surface area contributed by atoms with Crippen LogP contribution in [0.2, 0.25) is 10.0 Å². The highest BCUT2D eigenvalue weighted by Gasteiger charge is 2.41. The number of hydrogen-bond acceptors (Lipinski definition) is 6. The normalized spacial score (nSPS) is 13.7. The zero-order valence-corrected chi connectivity index (χ0v) is 21.4. The minimum Gasteiger partial charge on any atom is -0.497 e. The lowest BCUT2D eigenvalue weighted by atomic mass is 10.1. The molecule has 38 heavy (non-hydrogen) atoms. The van der Waals surface area contributed by atoms with Crippen LogP contribution in [0.1, 0.15) is 16.9 Å². The summed E-state index contributed by atoms with van der Waals surface area (Å²) in [5, 5.41) is 0.984. The Morgan fingerprint density at radius 1 is 1.05 bits per heavy atom. The fourth-order valence-electron chi connectivity index (χ4n) is 4.20. The standard InChI is InChI=1S/C27H20Cl2F3NO5/c1-35-17-3-2-4-18(12-17)37-25-23(34)19-7-8-22-20(24(19)38-26(25)27(30,31)32)13-33(14-36-22)10-9-15-5-6-16(28)11-21(15)29/h2-8,11-12H,9-10,13-14H2,1H3.